The van der Waals surface area contributed by atoms with Crippen molar-refractivity contribution in [3.05, 3.63) is 58.5 Å². The molecule has 4 rings (SSSR count). The highest BCUT2D eigenvalue weighted by Crippen LogP contribution is 2.34. The molecular weight excluding hydrogens is 510 g/mol. The van der Waals surface area contributed by atoms with E-state index in [0.717, 1.165) is 22.2 Å². The molecule has 11 heteroatoms. The first-order valence-electron chi connectivity index (χ1n) is 12.2. The lowest BCUT2D eigenvalue weighted by Gasteiger charge is -2.28. The highest BCUT2D eigenvalue weighted by molar-refractivity contribution is 8.18. The average molecular weight is 540 g/mol. The molecule has 200 valence electrons. The van der Waals surface area contributed by atoms with E-state index in [1.165, 1.54) is 0 Å². The van der Waals surface area contributed by atoms with Crippen molar-refractivity contribution >= 4 is 46.5 Å². The van der Waals surface area contributed by atoms with Crippen LogP contribution in [0.4, 0.5) is 10.5 Å². The van der Waals surface area contributed by atoms with Gasteiger partial charge in [0.2, 0.25) is 5.91 Å². The first kappa shape index (κ1) is 27.2. The fourth-order valence-corrected chi connectivity index (χ4v) is 4.72. The Kier molecular flexibility index (Phi) is 9.03. The number of rotatable bonds is 9. The molecule has 2 aromatic rings. The number of nitrogens with zero attached hydrogens (tertiary/aromatic N) is 2. The third-order valence-corrected chi connectivity index (χ3v) is 6.78. The fraction of sp³-hybridized carbons (Fsp3) is 0.333. The second-order valence-corrected chi connectivity index (χ2v) is 9.55. The van der Waals surface area contributed by atoms with Gasteiger partial charge in [0.15, 0.2) is 18.1 Å². The molecule has 2 aromatic carbocycles. The molecule has 0 radical (unpaired) electrons. The van der Waals surface area contributed by atoms with Gasteiger partial charge in [0.05, 0.1) is 24.7 Å². The number of ether oxygens (including phenoxy) is 3. The third-order valence-electron chi connectivity index (χ3n) is 5.87. The molecule has 0 saturated carbocycles. The second-order valence-electron chi connectivity index (χ2n) is 8.55. The Hall–Kier alpha value is -3.83. The highest BCUT2D eigenvalue weighted by atomic mass is 32.2. The van der Waals surface area contributed by atoms with Crippen LogP contribution in [0.3, 0.4) is 0 Å². The Morgan fingerprint density at radius 2 is 1.84 bits per heavy atom. The van der Waals surface area contributed by atoms with E-state index < -0.39 is 11.1 Å². The van der Waals surface area contributed by atoms with Gasteiger partial charge in [-0.15, -0.1) is 0 Å². The maximum atomic E-state index is 12.9. The summed E-state index contributed by atoms with van der Waals surface area (Å²) >= 11 is 0.783. The van der Waals surface area contributed by atoms with Gasteiger partial charge in [-0.25, -0.2) is 0 Å². The number of hydrogen-bond donors (Lipinski definition) is 1. The maximum absolute atomic E-state index is 12.9. The van der Waals surface area contributed by atoms with Crippen molar-refractivity contribution in [2.24, 2.45) is 0 Å². The number of imide groups is 1. The van der Waals surface area contributed by atoms with E-state index in [2.05, 4.69) is 5.32 Å². The van der Waals surface area contributed by atoms with Crippen LogP contribution in [0.15, 0.2) is 47.4 Å². The van der Waals surface area contributed by atoms with Crippen LogP contribution in [0, 0.1) is 6.92 Å². The van der Waals surface area contributed by atoms with Crippen LogP contribution < -0.4 is 14.8 Å². The molecule has 0 bridgehead atoms. The van der Waals surface area contributed by atoms with Crippen LogP contribution in [0.1, 0.15) is 18.1 Å². The number of para-hydroxylation sites is 1. The molecule has 2 aliphatic rings. The minimum Gasteiger partial charge on any atom is -0.490 e. The lowest BCUT2D eigenvalue weighted by molar-refractivity contribution is -0.139. The SMILES string of the molecule is CCOc1cc(/C=C2\SC(=O)N(CC(=O)N3CCOCC3)C2=O)ccc1OCC(=O)Nc1ccccc1C. The quantitative estimate of drug-likeness (QED) is 0.483. The zero-order chi connectivity index (χ0) is 27.1. The predicted octanol–water partition coefficient (Wildman–Crippen LogP) is 3.31. The molecule has 0 spiro atoms. The Morgan fingerprint density at radius 3 is 2.58 bits per heavy atom. The van der Waals surface area contributed by atoms with Gasteiger partial charge >= 0.3 is 0 Å². The number of carbonyl (C=O) groups is 4. The standard InChI is InChI=1S/C27H29N3O7S/c1-3-36-22-14-19(8-9-21(22)37-17-24(31)28-20-7-5-4-6-18(20)2)15-23-26(33)30(27(34)38-23)16-25(32)29-10-12-35-13-11-29/h4-9,14-15H,3,10-13,16-17H2,1-2H3,(H,28,31)/b23-15-. The van der Waals surface area contributed by atoms with Gasteiger partial charge in [-0.2, -0.15) is 0 Å². The molecule has 2 aliphatic heterocycles. The van der Waals surface area contributed by atoms with Crippen LogP contribution in [0.2, 0.25) is 0 Å². The Morgan fingerprint density at radius 1 is 1.08 bits per heavy atom. The van der Waals surface area contributed by atoms with Gasteiger partial charge in [0.25, 0.3) is 17.1 Å². The molecular formula is C27H29N3O7S. The van der Waals surface area contributed by atoms with E-state index in [1.54, 1.807) is 29.2 Å². The molecule has 1 N–H and O–H groups in total. The molecule has 4 amide bonds. The normalized spacial score (nSPS) is 16.6. The van der Waals surface area contributed by atoms with E-state index in [-0.39, 0.29) is 29.9 Å². The highest BCUT2D eigenvalue weighted by Gasteiger charge is 2.37. The van der Waals surface area contributed by atoms with Crippen molar-refractivity contribution < 1.29 is 33.4 Å². The number of morpholine rings is 1. The van der Waals surface area contributed by atoms with Gasteiger partial charge < -0.3 is 24.4 Å². The van der Waals surface area contributed by atoms with Crippen LogP contribution in [-0.4, -0.2) is 78.8 Å². The molecule has 0 aliphatic carbocycles. The number of anilines is 1. The second kappa shape index (κ2) is 12.6. The van der Waals surface area contributed by atoms with Crippen LogP contribution in [0.5, 0.6) is 11.5 Å². The number of thioether (sulfide) groups is 1. The summed E-state index contributed by atoms with van der Waals surface area (Å²) < 4.78 is 16.6. The number of amides is 4. The fourth-order valence-electron chi connectivity index (χ4n) is 3.88. The summed E-state index contributed by atoms with van der Waals surface area (Å²) in [6.07, 6.45) is 1.57. The average Bonchev–Trinajstić information content (AvgIpc) is 3.17. The molecule has 0 unspecified atom stereocenters. The van der Waals surface area contributed by atoms with Crippen molar-refractivity contribution in [2.75, 3.05) is 51.4 Å². The topological polar surface area (TPSA) is 114 Å². The van der Waals surface area contributed by atoms with Gasteiger partial charge in [-0.3, -0.25) is 24.1 Å². The summed E-state index contributed by atoms with van der Waals surface area (Å²) in [4.78, 5) is 53.0. The molecule has 2 fully saturated rings. The largest absolute Gasteiger partial charge is 0.490 e. The molecule has 0 aromatic heterocycles. The van der Waals surface area contributed by atoms with Gasteiger partial charge in [-0.1, -0.05) is 24.3 Å². The van der Waals surface area contributed by atoms with Crippen molar-refractivity contribution in [1.82, 2.24) is 9.80 Å². The molecule has 38 heavy (non-hydrogen) atoms. The lowest BCUT2D eigenvalue weighted by Crippen LogP contribution is -2.46. The van der Waals surface area contributed by atoms with Crippen molar-refractivity contribution in [3.8, 4) is 11.5 Å². The monoisotopic (exact) mass is 539 g/mol. The van der Waals surface area contributed by atoms with Crippen LogP contribution >= 0.6 is 11.8 Å². The first-order chi connectivity index (χ1) is 18.4. The zero-order valence-corrected chi connectivity index (χ0v) is 22.0. The summed E-state index contributed by atoms with van der Waals surface area (Å²) in [5, 5.41) is 2.32. The molecule has 2 heterocycles. The van der Waals surface area contributed by atoms with Gasteiger partial charge in [0, 0.05) is 18.8 Å². The number of hydrogen-bond acceptors (Lipinski definition) is 8. The first-order valence-corrected chi connectivity index (χ1v) is 13.0. The van der Waals surface area contributed by atoms with E-state index in [0.29, 0.717) is 55.7 Å². The Bertz CT molecular complexity index is 1260. The van der Waals surface area contributed by atoms with Crippen molar-refractivity contribution in [2.45, 2.75) is 13.8 Å². The van der Waals surface area contributed by atoms with Crippen LogP contribution in [0.25, 0.3) is 6.08 Å². The zero-order valence-electron chi connectivity index (χ0n) is 21.2. The van der Waals surface area contributed by atoms with Crippen molar-refractivity contribution in [3.63, 3.8) is 0 Å². The molecule has 10 nitrogen and oxygen atoms in total. The maximum Gasteiger partial charge on any atom is 0.294 e. The van der Waals surface area contributed by atoms with Gasteiger partial charge in [-0.05, 0) is 61.0 Å². The summed E-state index contributed by atoms with van der Waals surface area (Å²) in [6, 6.07) is 12.5. The van der Waals surface area contributed by atoms with E-state index in [9.17, 15) is 19.2 Å². The van der Waals surface area contributed by atoms with Gasteiger partial charge in [0.1, 0.15) is 6.54 Å². The molecule has 2 saturated heterocycles. The third kappa shape index (κ3) is 6.73. The predicted molar refractivity (Wildman–Crippen MR) is 143 cm³/mol. The van der Waals surface area contributed by atoms with Crippen LogP contribution in [-0.2, 0) is 19.1 Å². The Balaban J connectivity index is 1.41. The summed E-state index contributed by atoms with van der Waals surface area (Å²) in [5.41, 5.74) is 2.26. The summed E-state index contributed by atoms with van der Waals surface area (Å²) in [5.74, 6) is -0.359. The number of benzene rings is 2. The number of nitrogens with one attached hydrogen (secondary N) is 1. The van der Waals surface area contributed by atoms with E-state index in [4.69, 9.17) is 14.2 Å². The van der Waals surface area contributed by atoms with E-state index >= 15 is 0 Å². The van der Waals surface area contributed by atoms with E-state index in [1.807, 2.05) is 38.1 Å². The number of aryl methyl sites for hydroxylation is 1. The summed E-state index contributed by atoms with van der Waals surface area (Å²) in [6.45, 7) is 5.31. The van der Waals surface area contributed by atoms with Crippen molar-refractivity contribution in [1.29, 1.82) is 0 Å². The smallest absolute Gasteiger partial charge is 0.294 e. The Labute approximate surface area is 224 Å². The molecule has 0 atom stereocenters. The minimum absolute atomic E-state index is 0.207. The number of carbonyl (C=O) groups excluding carboxylic acids is 4. The minimum atomic E-state index is -0.521. The summed E-state index contributed by atoms with van der Waals surface area (Å²) in [7, 11) is 0. The lowest BCUT2D eigenvalue weighted by atomic mass is 10.2.